The van der Waals surface area contributed by atoms with Crippen LogP contribution in [0, 0.1) is 13.8 Å². The average molecular weight is 1700 g/mol. The number of ether oxygens (including phenoxy) is 1. The van der Waals surface area contributed by atoms with Crippen LogP contribution in [0.2, 0.25) is 0 Å². The minimum absolute atomic E-state index is 0.0162. The summed E-state index contributed by atoms with van der Waals surface area (Å²) in [5.74, 6) is 0. The molecule has 6 aromatic heterocycles. The van der Waals surface area contributed by atoms with Crippen molar-refractivity contribution >= 4 is 241 Å². The summed E-state index contributed by atoms with van der Waals surface area (Å²) in [5, 5.41) is 5.67. The van der Waals surface area contributed by atoms with Crippen LogP contribution in [0.15, 0.2) is 105 Å². The standard InChI is InChI=1S/C32H26N2S3.C24H18Br2S2.C18H26B2N2O4S.C4H7O5P.2K/c1-15-7-8-19(28-27(15)33-37-34-28)24-14-23-30(36-24)21-12-10-17-18(26(21)32(23,5)6)9-11-20-25(17)31(3,4)22-13-16(2)35-29(20)22;1-23(2)15-9-17(25)27-21(15)13-7-6-12-11(19(13)23)5-8-14-20(12)24(3,4)16-10-18(26)28-22(14)16;1-15(2)16(3,4)24-19(23-15)11-9-10-12(14-13(11)21-27-22-14)20-25-17(5,6)18(7,8)26-20;5-10(6)9-8-4-2-1-3-7-4;;/h7-14H,1-6H3;5-10H,1-4H3;9-10H,1-8H3;4H,1-3H2;;. The number of hydrogen-bond acceptors (Lipinski definition) is 19. The number of fused-ring (bicyclic) bond motifs is 20. The fraction of sp³-hybridized carbons (Fsp3) is 0.385. The van der Waals surface area contributed by atoms with Crippen molar-refractivity contribution in [2.45, 2.75) is 188 Å². The number of aryl methyl sites for hydroxylation is 2. The zero-order valence-corrected chi connectivity index (χ0v) is 77.4. The van der Waals surface area contributed by atoms with Gasteiger partial charge in [-0.3, -0.25) is 0 Å². The predicted octanol–water partition coefficient (Wildman–Crippen LogP) is 20.6. The van der Waals surface area contributed by atoms with E-state index in [2.05, 4.69) is 213 Å². The molecule has 3 fully saturated rings. The molecule has 0 bridgehead atoms. The molecule has 19 rings (SSSR count). The molecule has 0 N–H and O–H groups in total. The first kappa shape index (κ1) is 77.7. The molecule has 0 saturated carbocycles. The number of benzene rings is 6. The van der Waals surface area contributed by atoms with Gasteiger partial charge in [-0.05, 0) is 230 Å². The van der Waals surface area contributed by atoms with Gasteiger partial charge >= 0.3 is 85.6 Å². The third-order valence-corrected chi connectivity index (χ3v) is 29.9. The first-order chi connectivity index (χ1) is 49.0. The van der Waals surface area contributed by atoms with Crippen LogP contribution >= 0.6 is 109 Å². The Labute approximate surface area is 696 Å². The van der Waals surface area contributed by atoms with Crippen molar-refractivity contribution in [3.05, 3.63) is 160 Å². The number of hydrogen-bond donors (Lipinski definition) is 0. The number of aromatic nitrogens is 4. The monoisotopic (exact) mass is 1690 g/mol. The Morgan fingerprint density at radius 3 is 1.25 bits per heavy atom. The molecule has 12 aromatic rings. The van der Waals surface area contributed by atoms with E-state index in [-0.39, 0.29) is 21.7 Å². The molecule has 9 heterocycles. The van der Waals surface area contributed by atoms with Gasteiger partial charge in [0, 0.05) is 78.5 Å². The van der Waals surface area contributed by atoms with Gasteiger partial charge in [0.25, 0.3) is 0 Å². The van der Waals surface area contributed by atoms with Crippen molar-refractivity contribution < 1.29 is 42.4 Å². The Bertz CT molecular complexity index is 5310. The van der Waals surface area contributed by atoms with Crippen LogP contribution < -0.4 is 15.8 Å². The molecular formula is C78H77B2Br2K2N4O9PS6. The van der Waals surface area contributed by atoms with Gasteiger partial charge in [-0.2, -0.15) is 22.4 Å². The van der Waals surface area contributed by atoms with Crippen LogP contribution in [0.3, 0.4) is 0 Å². The molecule has 13 nitrogen and oxygen atoms in total. The summed E-state index contributed by atoms with van der Waals surface area (Å²) in [5.41, 5.74) is 23.6. The summed E-state index contributed by atoms with van der Waals surface area (Å²) in [7, 11) is -3.87. The second kappa shape index (κ2) is 28.2. The third kappa shape index (κ3) is 12.8. The molecule has 0 spiro atoms. The van der Waals surface area contributed by atoms with Crippen LogP contribution in [0.5, 0.6) is 0 Å². The summed E-state index contributed by atoms with van der Waals surface area (Å²) >= 11 is 20.0. The van der Waals surface area contributed by atoms with Gasteiger partial charge < -0.3 is 28.2 Å². The summed E-state index contributed by atoms with van der Waals surface area (Å²) in [6, 6.07) is 36.9. The topological polar surface area (TPSA) is 156 Å². The Hall–Kier alpha value is -1.58. The van der Waals surface area contributed by atoms with Crippen LogP contribution in [-0.4, -0.2) is 130 Å². The van der Waals surface area contributed by atoms with Crippen molar-refractivity contribution in [2.24, 2.45) is 0 Å². The van der Waals surface area contributed by atoms with Gasteiger partial charge in [0.1, 0.15) is 22.1 Å². The summed E-state index contributed by atoms with van der Waals surface area (Å²) in [6.45, 7) is 40.4. The summed E-state index contributed by atoms with van der Waals surface area (Å²) < 4.78 is 64.1. The fourth-order valence-electron chi connectivity index (χ4n) is 16.3. The first-order valence-electron chi connectivity index (χ1n) is 35.4. The first-order valence-corrected chi connectivity index (χ1v) is 58.8. The maximum absolute atomic E-state index is 9.79. The summed E-state index contributed by atoms with van der Waals surface area (Å²) in [4.78, 5) is 22.5. The second-order valence-electron chi connectivity index (χ2n) is 31.8. The summed E-state index contributed by atoms with van der Waals surface area (Å²) in [6.07, 6.45) is 1.06. The van der Waals surface area contributed by atoms with Gasteiger partial charge in [-0.25, -0.2) is 0 Å². The molecule has 0 radical (unpaired) electrons. The van der Waals surface area contributed by atoms with Crippen LogP contribution in [0.25, 0.3) is 95.8 Å². The van der Waals surface area contributed by atoms with Crippen LogP contribution in [-0.2, 0) is 59.1 Å². The molecule has 104 heavy (non-hydrogen) atoms. The third-order valence-electron chi connectivity index (χ3n) is 23.0. The van der Waals surface area contributed by atoms with E-state index in [9.17, 15) is 9.46 Å². The second-order valence-corrected chi connectivity index (χ2v) is 40.6. The number of thiophene rings is 4. The van der Waals surface area contributed by atoms with Crippen molar-refractivity contribution in [1.29, 1.82) is 0 Å². The van der Waals surface area contributed by atoms with Crippen molar-refractivity contribution in [1.82, 2.24) is 17.5 Å². The van der Waals surface area contributed by atoms with E-state index >= 15 is 0 Å². The fourth-order valence-corrected chi connectivity index (χ4v) is 23.9. The molecule has 2 atom stereocenters. The van der Waals surface area contributed by atoms with Crippen LogP contribution in [0.4, 0.5) is 0 Å². The van der Waals surface area contributed by atoms with E-state index in [1.807, 2.05) is 113 Å². The molecule has 0 amide bonds. The predicted molar refractivity (Wildman–Crippen MR) is 440 cm³/mol. The van der Waals surface area contributed by atoms with Gasteiger partial charge in [-0.1, -0.05) is 128 Å². The van der Waals surface area contributed by atoms with Gasteiger partial charge in [0.05, 0.1) is 60.0 Å². The number of rotatable bonds is 6. The van der Waals surface area contributed by atoms with E-state index in [1.54, 1.807) is 0 Å². The molecular weight excluding hydrogens is 1620 g/mol. The zero-order chi connectivity index (χ0) is 74.2. The Kier molecular flexibility index (Phi) is 21.1. The molecule has 26 heteroatoms. The van der Waals surface area contributed by atoms with Crippen molar-refractivity contribution in [3.63, 3.8) is 0 Å². The Morgan fingerprint density at radius 1 is 0.481 bits per heavy atom. The maximum atomic E-state index is 9.79. The van der Waals surface area contributed by atoms with E-state index < -0.39 is 51.2 Å². The van der Waals surface area contributed by atoms with Crippen LogP contribution in [0.1, 0.15) is 179 Å². The molecule has 3 saturated heterocycles. The van der Waals surface area contributed by atoms with Crippen molar-refractivity contribution in [2.75, 3.05) is 6.61 Å². The molecule has 3 aliphatic heterocycles. The van der Waals surface area contributed by atoms with E-state index in [0.717, 1.165) is 39.4 Å². The molecule has 2 unspecified atom stereocenters. The molecule has 4 aliphatic carbocycles. The molecule has 526 valence electrons. The number of nitrogens with zero attached hydrogens (tertiary/aromatic N) is 4. The van der Waals surface area contributed by atoms with Gasteiger partial charge in [0.15, 0.2) is 6.29 Å². The minimum atomic E-state index is -2.92. The van der Waals surface area contributed by atoms with Crippen molar-refractivity contribution in [3.8, 4) is 52.2 Å². The molecule has 7 aliphatic rings. The SMILES string of the molecule is CC1(C)OB(c2ccc(B3OC(C)(C)C(C)(C)O3)c3nsnc23)OC1(C)C.CC1(C)c2cc(Br)sc2-c2ccc3c4c(ccc3c21)-c1sc(Br)cc1C4(C)C.Cc1cc2c(s1)-c1ccc3c4c(ccc3c1C2(C)C)-c1sc(-c2ccc(C)c3nsnc23)cc1C4(C)C.O=[P+]([O-])OOC1CCCO1.[K][K]. The number of halogens is 2. The normalized spacial score (nSPS) is 19.8. The van der Waals surface area contributed by atoms with E-state index in [4.69, 9.17) is 23.4 Å². The van der Waals surface area contributed by atoms with E-state index in [1.165, 1.54) is 223 Å². The Balaban J connectivity index is 0.000000118. The zero-order valence-electron chi connectivity index (χ0n) is 62.2. The van der Waals surface area contributed by atoms with Gasteiger partial charge in [-0.15, -0.1) is 45.3 Å². The van der Waals surface area contributed by atoms with Gasteiger partial charge in [0.2, 0.25) is 0 Å². The molecule has 6 aromatic carbocycles. The van der Waals surface area contributed by atoms with E-state index in [0.29, 0.717) is 13.0 Å². The quantitative estimate of drug-likeness (QED) is 0.0671. The Morgan fingerprint density at radius 2 is 0.846 bits per heavy atom. The average Bonchev–Trinajstić information content (AvgIpc) is 1.53.